The third-order valence-corrected chi connectivity index (χ3v) is 3.17. The van der Waals surface area contributed by atoms with Crippen LogP contribution >= 0.6 is 11.3 Å². The number of nitrogens with zero attached hydrogens (tertiary/aromatic N) is 3. The molecular formula is C11H14N4S. The Bertz CT molecular complexity index is 424. The van der Waals surface area contributed by atoms with Crippen LogP contribution in [0.4, 0.5) is 5.82 Å². The first-order valence-corrected chi connectivity index (χ1v) is 6.14. The Morgan fingerprint density at radius 3 is 2.81 bits per heavy atom. The molecule has 84 valence electrons. The highest BCUT2D eigenvalue weighted by Crippen LogP contribution is 2.22. The molecule has 1 atom stereocenters. The van der Waals surface area contributed by atoms with Crippen molar-refractivity contribution in [2.45, 2.75) is 26.3 Å². The molecule has 0 amide bonds. The first-order chi connectivity index (χ1) is 7.79. The summed E-state index contributed by atoms with van der Waals surface area (Å²) < 4.78 is 0. The maximum absolute atomic E-state index is 4.31. The number of hydrogen-bond acceptors (Lipinski definition) is 5. The van der Waals surface area contributed by atoms with Crippen molar-refractivity contribution in [3.05, 3.63) is 34.4 Å². The van der Waals surface area contributed by atoms with Gasteiger partial charge in [0.25, 0.3) is 0 Å². The number of aryl methyl sites for hydroxylation is 1. The van der Waals surface area contributed by atoms with E-state index in [1.165, 1.54) is 0 Å². The molecule has 0 aliphatic carbocycles. The van der Waals surface area contributed by atoms with Crippen molar-refractivity contribution < 1.29 is 0 Å². The van der Waals surface area contributed by atoms with E-state index in [0.717, 1.165) is 22.9 Å². The van der Waals surface area contributed by atoms with Crippen molar-refractivity contribution >= 4 is 17.2 Å². The van der Waals surface area contributed by atoms with E-state index in [-0.39, 0.29) is 6.04 Å². The molecule has 0 saturated carbocycles. The Morgan fingerprint density at radius 2 is 2.25 bits per heavy atom. The van der Waals surface area contributed by atoms with Gasteiger partial charge in [-0.15, -0.1) is 16.4 Å². The molecule has 2 heterocycles. The van der Waals surface area contributed by atoms with Crippen molar-refractivity contribution in [1.82, 2.24) is 15.2 Å². The average Bonchev–Trinajstić information content (AvgIpc) is 2.82. The summed E-state index contributed by atoms with van der Waals surface area (Å²) in [5, 5.41) is 14.5. The molecule has 1 N–H and O–H groups in total. The van der Waals surface area contributed by atoms with Crippen LogP contribution in [0.15, 0.2) is 23.7 Å². The maximum atomic E-state index is 4.31. The van der Waals surface area contributed by atoms with Gasteiger partial charge < -0.3 is 5.32 Å². The highest BCUT2D eigenvalue weighted by molar-refractivity contribution is 7.09. The summed E-state index contributed by atoms with van der Waals surface area (Å²) in [6.07, 6.45) is 2.80. The van der Waals surface area contributed by atoms with Crippen molar-refractivity contribution in [3.63, 3.8) is 0 Å². The second kappa shape index (κ2) is 5.03. The van der Waals surface area contributed by atoms with Crippen LogP contribution in [0.1, 0.15) is 30.1 Å². The predicted octanol–water partition coefficient (Wildman–Crippen LogP) is 2.80. The van der Waals surface area contributed by atoms with Crippen molar-refractivity contribution in [2.75, 3.05) is 5.32 Å². The zero-order valence-electron chi connectivity index (χ0n) is 9.34. The van der Waals surface area contributed by atoms with E-state index < -0.39 is 0 Å². The Labute approximate surface area is 98.8 Å². The topological polar surface area (TPSA) is 50.7 Å². The number of anilines is 1. The first kappa shape index (κ1) is 11.0. The predicted molar refractivity (Wildman–Crippen MR) is 65.5 cm³/mol. The molecule has 16 heavy (non-hydrogen) atoms. The molecule has 0 radical (unpaired) electrons. The third-order valence-electron chi connectivity index (χ3n) is 2.28. The lowest BCUT2D eigenvalue weighted by molar-refractivity contribution is 0.733. The molecule has 0 saturated heterocycles. The van der Waals surface area contributed by atoms with E-state index in [2.05, 4.69) is 27.4 Å². The molecule has 0 bridgehead atoms. The minimum Gasteiger partial charge on any atom is -0.359 e. The number of aromatic nitrogens is 3. The molecule has 2 aromatic heterocycles. The molecule has 1 unspecified atom stereocenters. The second-order valence-electron chi connectivity index (χ2n) is 3.54. The molecular weight excluding hydrogens is 220 g/mol. The van der Waals surface area contributed by atoms with Crippen LogP contribution in [0.5, 0.6) is 0 Å². The SMILES string of the molecule is CCC(Nc1ccc(C)nn1)c1nccs1. The normalized spacial score (nSPS) is 12.4. The Kier molecular flexibility index (Phi) is 3.46. The summed E-state index contributed by atoms with van der Waals surface area (Å²) in [5.74, 6) is 0.799. The highest BCUT2D eigenvalue weighted by Gasteiger charge is 2.11. The van der Waals surface area contributed by atoms with Crippen LogP contribution in [0.2, 0.25) is 0 Å². The van der Waals surface area contributed by atoms with Crippen molar-refractivity contribution in [1.29, 1.82) is 0 Å². The van der Waals surface area contributed by atoms with E-state index in [1.54, 1.807) is 11.3 Å². The van der Waals surface area contributed by atoms with Gasteiger partial charge >= 0.3 is 0 Å². The van der Waals surface area contributed by atoms with Crippen LogP contribution in [-0.4, -0.2) is 15.2 Å². The third kappa shape index (κ3) is 2.55. The van der Waals surface area contributed by atoms with Gasteiger partial charge in [-0.25, -0.2) is 4.98 Å². The van der Waals surface area contributed by atoms with E-state index in [0.29, 0.717) is 0 Å². The summed E-state index contributed by atoms with van der Waals surface area (Å²) in [7, 11) is 0. The lowest BCUT2D eigenvalue weighted by Crippen LogP contribution is -2.10. The number of nitrogens with one attached hydrogen (secondary N) is 1. The molecule has 2 rings (SSSR count). The Balaban J connectivity index is 2.10. The van der Waals surface area contributed by atoms with Crippen molar-refractivity contribution in [3.8, 4) is 0 Å². The van der Waals surface area contributed by atoms with Crippen LogP contribution in [0.25, 0.3) is 0 Å². The van der Waals surface area contributed by atoms with Gasteiger partial charge in [-0.3, -0.25) is 0 Å². The largest absolute Gasteiger partial charge is 0.359 e. The molecule has 2 aromatic rings. The first-order valence-electron chi connectivity index (χ1n) is 5.26. The average molecular weight is 234 g/mol. The van der Waals surface area contributed by atoms with Gasteiger partial charge in [0.15, 0.2) is 0 Å². The fraction of sp³-hybridized carbons (Fsp3) is 0.364. The van der Waals surface area contributed by atoms with Crippen LogP contribution < -0.4 is 5.32 Å². The second-order valence-corrected chi connectivity index (χ2v) is 4.46. The van der Waals surface area contributed by atoms with Gasteiger partial charge in [0.2, 0.25) is 0 Å². The summed E-state index contributed by atoms with van der Waals surface area (Å²) in [6, 6.07) is 4.11. The van der Waals surface area contributed by atoms with Crippen LogP contribution in [0.3, 0.4) is 0 Å². The molecule has 0 aliphatic rings. The van der Waals surface area contributed by atoms with Gasteiger partial charge in [0.05, 0.1) is 11.7 Å². The zero-order chi connectivity index (χ0) is 11.4. The van der Waals surface area contributed by atoms with E-state index >= 15 is 0 Å². The van der Waals surface area contributed by atoms with Gasteiger partial charge in [-0.2, -0.15) is 5.10 Å². The zero-order valence-corrected chi connectivity index (χ0v) is 10.2. The minimum absolute atomic E-state index is 0.219. The summed E-state index contributed by atoms with van der Waals surface area (Å²) in [4.78, 5) is 4.31. The molecule has 0 aromatic carbocycles. The quantitative estimate of drug-likeness (QED) is 0.883. The maximum Gasteiger partial charge on any atom is 0.149 e. The smallest absolute Gasteiger partial charge is 0.149 e. The standard InChI is InChI=1S/C11H14N4S/c1-3-9(11-12-6-7-16-11)13-10-5-4-8(2)14-15-10/h4-7,9H,3H2,1-2H3,(H,13,15). The van der Waals surface area contributed by atoms with E-state index in [9.17, 15) is 0 Å². The van der Waals surface area contributed by atoms with Crippen LogP contribution in [-0.2, 0) is 0 Å². The van der Waals surface area contributed by atoms with Gasteiger partial charge in [-0.05, 0) is 25.5 Å². The Morgan fingerprint density at radius 1 is 1.38 bits per heavy atom. The minimum atomic E-state index is 0.219. The van der Waals surface area contributed by atoms with E-state index in [1.807, 2.05) is 30.6 Å². The number of thiazole rings is 1. The lowest BCUT2D eigenvalue weighted by atomic mass is 10.2. The Hall–Kier alpha value is -1.49. The van der Waals surface area contributed by atoms with Crippen molar-refractivity contribution in [2.24, 2.45) is 0 Å². The summed E-state index contributed by atoms with van der Waals surface area (Å²) >= 11 is 1.66. The van der Waals surface area contributed by atoms with Crippen LogP contribution in [0, 0.1) is 6.92 Å². The monoisotopic (exact) mass is 234 g/mol. The van der Waals surface area contributed by atoms with E-state index in [4.69, 9.17) is 0 Å². The molecule has 5 heteroatoms. The summed E-state index contributed by atoms with van der Waals surface area (Å²) in [5.41, 5.74) is 0.924. The van der Waals surface area contributed by atoms with Gasteiger partial charge in [0, 0.05) is 11.6 Å². The molecule has 0 fully saturated rings. The van der Waals surface area contributed by atoms with Gasteiger partial charge in [-0.1, -0.05) is 6.92 Å². The lowest BCUT2D eigenvalue weighted by Gasteiger charge is -2.14. The molecule has 0 aliphatic heterocycles. The number of hydrogen-bond donors (Lipinski definition) is 1. The fourth-order valence-electron chi connectivity index (χ4n) is 1.40. The summed E-state index contributed by atoms with van der Waals surface area (Å²) in [6.45, 7) is 4.05. The highest BCUT2D eigenvalue weighted by atomic mass is 32.1. The fourth-order valence-corrected chi connectivity index (χ4v) is 2.17. The number of rotatable bonds is 4. The molecule has 4 nitrogen and oxygen atoms in total. The molecule has 0 spiro atoms. The van der Waals surface area contributed by atoms with Gasteiger partial charge in [0.1, 0.15) is 10.8 Å².